The maximum Gasteiger partial charge on any atom is 0.494 e. The lowest BCUT2D eigenvalue weighted by Crippen LogP contribution is -2.33. The summed E-state index contributed by atoms with van der Waals surface area (Å²) >= 11 is 7.68. The largest absolute Gasteiger partial charge is 0.494 e. The van der Waals surface area contributed by atoms with Crippen LogP contribution in [-0.4, -0.2) is 40.7 Å². The summed E-state index contributed by atoms with van der Waals surface area (Å²) in [4.78, 5) is 0. The van der Waals surface area contributed by atoms with Gasteiger partial charge >= 0.3 is 14.2 Å². The van der Waals surface area contributed by atoms with Crippen molar-refractivity contribution in [3.8, 4) is 44.5 Å². The lowest BCUT2D eigenvalue weighted by atomic mass is 9.71. The van der Waals surface area contributed by atoms with Crippen molar-refractivity contribution in [2.24, 2.45) is 0 Å². The summed E-state index contributed by atoms with van der Waals surface area (Å²) < 4.78 is 26.4. The Kier molecular flexibility index (Phi) is 13.9. The number of hydrogen-bond acceptors (Lipinski definition) is 4. The van der Waals surface area contributed by atoms with Gasteiger partial charge in [-0.1, -0.05) is 153 Å². The van der Waals surface area contributed by atoms with Crippen molar-refractivity contribution in [3.05, 3.63) is 198 Å². The highest BCUT2D eigenvalue weighted by molar-refractivity contribution is 9.11. The van der Waals surface area contributed by atoms with Crippen LogP contribution in [0.15, 0.2) is 142 Å². The maximum atomic E-state index is 6.10. The summed E-state index contributed by atoms with van der Waals surface area (Å²) in [6, 6.07) is 48.3. The Morgan fingerprint density at radius 3 is 1.08 bits per heavy atom. The molecule has 0 N–H and O–H groups in total. The predicted octanol–water partition coefficient (Wildman–Crippen LogP) is 16.7. The molecule has 2 saturated heterocycles. The van der Waals surface area contributed by atoms with Crippen LogP contribution in [0.3, 0.4) is 0 Å². The first-order chi connectivity index (χ1) is 35.8. The molecule has 4 nitrogen and oxygen atoms in total. The van der Waals surface area contributed by atoms with E-state index in [9.17, 15) is 0 Å². The van der Waals surface area contributed by atoms with Crippen molar-refractivity contribution in [1.82, 2.24) is 0 Å². The Bertz CT molecular complexity index is 3850. The summed E-state index contributed by atoms with van der Waals surface area (Å²) in [5, 5.41) is 9.69. The van der Waals surface area contributed by atoms with Gasteiger partial charge in [0.05, 0.1) is 26.4 Å². The van der Waals surface area contributed by atoms with E-state index in [1.54, 1.807) is 0 Å². The third kappa shape index (κ3) is 8.47. The highest BCUT2D eigenvalue weighted by Crippen LogP contribution is 2.48. The molecule has 8 heteroatoms. The number of halogens is 2. The monoisotopic (exact) mass is 1100 g/mol. The quantitative estimate of drug-likeness (QED) is 0.156. The van der Waals surface area contributed by atoms with E-state index in [4.69, 9.17) is 18.6 Å². The second kappa shape index (κ2) is 20.4. The summed E-state index contributed by atoms with van der Waals surface area (Å²) in [6.07, 6.45) is 0. The number of rotatable bonds is 6. The lowest BCUT2D eigenvalue weighted by Gasteiger charge is -2.25. The van der Waals surface area contributed by atoms with Crippen LogP contribution in [0.4, 0.5) is 0 Å². The summed E-state index contributed by atoms with van der Waals surface area (Å²) in [5.41, 5.74) is 25.8. The molecule has 0 atom stereocenters. The first kappa shape index (κ1) is 50.3. The van der Waals surface area contributed by atoms with Gasteiger partial charge in [0.1, 0.15) is 0 Å². The van der Waals surface area contributed by atoms with Crippen LogP contribution < -0.4 is 10.9 Å². The standard InChI is InChI=1S/C35H34B2O4.C31H26Br2/c1-21-22(2)24(4)34(25(5)23(21)3)31-20-33(37-40-18-19-41-37)28-12-8-9-13-29(28)35(31)30-14-15-32(36-38-16-17-39-36)27-11-7-6-10-26(27)30;1-17-18(2)20(4)30(21(5)19(17)3)27-16-29(33)24-12-8-9-13-25(24)31(27)26-14-15-28(32)23-11-7-6-10-22(23)26/h6-15,20H,16-19H2,1-5H3;6-16H,1-5H3. The van der Waals surface area contributed by atoms with E-state index >= 15 is 0 Å². The SMILES string of the molecule is Cc1c(C)c(C)c(-c2cc(B3OCCO3)c3ccccc3c2-c2ccc(B3OCCO3)c3ccccc23)c(C)c1C.Cc1c(C)c(C)c(-c2cc(Br)c3ccccc3c2-c2ccc(Br)c3ccccc23)c(C)c1C. The van der Waals surface area contributed by atoms with Gasteiger partial charge in [-0.25, -0.2) is 0 Å². The van der Waals surface area contributed by atoms with Gasteiger partial charge in [-0.2, -0.15) is 0 Å². The van der Waals surface area contributed by atoms with Gasteiger partial charge in [-0.3, -0.25) is 0 Å². The average Bonchev–Trinajstić information content (AvgIpc) is 4.19. The Hall–Kier alpha value is -5.83. The molecule has 2 fully saturated rings. The minimum absolute atomic E-state index is 0.337. The molecule has 0 bridgehead atoms. The smallest absolute Gasteiger partial charge is 0.405 e. The Labute approximate surface area is 454 Å². The van der Waals surface area contributed by atoms with E-state index < -0.39 is 0 Å². The maximum absolute atomic E-state index is 6.10. The third-order valence-electron chi connectivity index (χ3n) is 16.7. The van der Waals surface area contributed by atoms with Crippen molar-refractivity contribution >= 4 is 100 Å². The molecule has 10 aromatic carbocycles. The Morgan fingerprint density at radius 1 is 0.284 bits per heavy atom. The molecule has 2 heterocycles. The van der Waals surface area contributed by atoms with Gasteiger partial charge in [0, 0.05) is 8.95 Å². The highest BCUT2D eigenvalue weighted by atomic mass is 79.9. The van der Waals surface area contributed by atoms with Crippen LogP contribution in [0.2, 0.25) is 0 Å². The van der Waals surface area contributed by atoms with Gasteiger partial charge in [0.25, 0.3) is 0 Å². The lowest BCUT2D eigenvalue weighted by molar-refractivity contribution is 0.365. The van der Waals surface area contributed by atoms with Crippen LogP contribution in [0.5, 0.6) is 0 Å². The van der Waals surface area contributed by atoms with Crippen LogP contribution in [0, 0.1) is 69.2 Å². The van der Waals surface area contributed by atoms with Gasteiger partial charge in [-0.15, -0.1) is 0 Å². The summed E-state index contributed by atoms with van der Waals surface area (Å²) in [6.45, 7) is 25.0. The van der Waals surface area contributed by atoms with E-state index in [2.05, 4.69) is 235 Å². The van der Waals surface area contributed by atoms with E-state index in [0.29, 0.717) is 26.4 Å². The van der Waals surface area contributed by atoms with Crippen molar-refractivity contribution in [2.45, 2.75) is 69.2 Å². The van der Waals surface area contributed by atoms with Crippen molar-refractivity contribution in [2.75, 3.05) is 26.4 Å². The molecule has 12 rings (SSSR count). The second-order valence-electron chi connectivity index (χ2n) is 20.3. The molecule has 0 amide bonds. The first-order valence-electron chi connectivity index (χ1n) is 25.8. The van der Waals surface area contributed by atoms with Gasteiger partial charge in [-0.05, 0) is 236 Å². The third-order valence-corrected chi connectivity index (χ3v) is 18.1. The number of fused-ring (bicyclic) bond motifs is 4. The van der Waals surface area contributed by atoms with E-state index in [0.717, 1.165) is 30.6 Å². The first-order valence-corrected chi connectivity index (χ1v) is 27.4. The number of hydrogen-bond donors (Lipinski definition) is 0. The zero-order chi connectivity index (χ0) is 51.7. The Morgan fingerprint density at radius 2 is 0.608 bits per heavy atom. The summed E-state index contributed by atoms with van der Waals surface area (Å²) in [7, 11) is -0.715. The van der Waals surface area contributed by atoms with Crippen molar-refractivity contribution in [3.63, 3.8) is 0 Å². The van der Waals surface area contributed by atoms with Crippen LogP contribution in [-0.2, 0) is 18.6 Å². The van der Waals surface area contributed by atoms with Crippen LogP contribution in [0.25, 0.3) is 87.6 Å². The van der Waals surface area contributed by atoms with E-state index in [-0.39, 0.29) is 14.2 Å². The molecule has 2 aliphatic heterocycles. The molecule has 0 aliphatic carbocycles. The zero-order valence-corrected chi connectivity index (χ0v) is 47.2. The molecule has 74 heavy (non-hydrogen) atoms. The van der Waals surface area contributed by atoms with E-state index in [1.165, 1.54) is 132 Å². The fourth-order valence-corrected chi connectivity index (χ4v) is 13.1. The molecular weight excluding hydrogens is 1040 g/mol. The van der Waals surface area contributed by atoms with Crippen LogP contribution in [0.1, 0.15) is 55.6 Å². The normalized spacial score (nSPS) is 13.7. The minimum atomic E-state index is -0.378. The molecule has 2 aliphatic rings. The fraction of sp³-hybridized carbons (Fsp3) is 0.212. The molecule has 10 aromatic rings. The highest BCUT2D eigenvalue weighted by Gasteiger charge is 2.33. The van der Waals surface area contributed by atoms with Gasteiger partial charge in [0.2, 0.25) is 0 Å². The van der Waals surface area contributed by atoms with Gasteiger partial charge < -0.3 is 18.6 Å². The van der Waals surface area contributed by atoms with Crippen molar-refractivity contribution in [1.29, 1.82) is 0 Å². The molecule has 0 spiro atoms. The number of benzene rings is 10. The van der Waals surface area contributed by atoms with Crippen molar-refractivity contribution < 1.29 is 18.6 Å². The minimum Gasteiger partial charge on any atom is -0.405 e. The van der Waals surface area contributed by atoms with Gasteiger partial charge in [0.15, 0.2) is 0 Å². The fourth-order valence-electron chi connectivity index (χ4n) is 12.0. The topological polar surface area (TPSA) is 36.9 Å². The molecule has 0 unspecified atom stereocenters. The predicted molar refractivity (Wildman–Crippen MR) is 322 cm³/mol. The summed E-state index contributed by atoms with van der Waals surface area (Å²) in [5.74, 6) is 0. The second-order valence-corrected chi connectivity index (χ2v) is 22.0. The van der Waals surface area contributed by atoms with E-state index in [1.807, 2.05) is 0 Å². The molecule has 0 saturated carbocycles. The average molecular weight is 1100 g/mol. The molecule has 0 radical (unpaired) electrons. The molecular formula is C66H60B2Br2O4. The Balaban J connectivity index is 0.000000163. The molecule has 368 valence electrons. The zero-order valence-electron chi connectivity index (χ0n) is 44.1. The van der Waals surface area contributed by atoms with Crippen LogP contribution >= 0.6 is 31.9 Å². The molecule has 0 aromatic heterocycles.